The second-order valence-electron chi connectivity index (χ2n) is 4.63. The van der Waals surface area contributed by atoms with Gasteiger partial charge in [-0.05, 0) is 18.8 Å². The molecule has 1 amide bonds. The molecule has 2 rings (SSSR count). The topological polar surface area (TPSA) is 46.9 Å². The molecule has 16 heavy (non-hydrogen) atoms. The lowest BCUT2D eigenvalue weighted by Gasteiger charge is -2.20. The van der Waals surface area contributed by atoms with Crippen molar-refractivity contribution in [1.29, 1.82) is 0 Å². The van der Waals surface area contributed by atoms with E-state index < -0.39 is 0 Å². The maximum atomic E-state index is 11.7. The van der Waals surface area contributed by atoms with Crippen molar-refractivity contribution in [3.8, 4) is 0 Å². The number of carbonyl (C=O) groups is 1. The fourth-order valence-corrected chi connectivity index (χ4v) is 2.33. The highest BCUT2D eigenvalue weighted by molar-refractivity contribution is 5.89. The summed E-state index contributed by atoms with van der Waals surface area (Å²) in [4.78, 5) is 11.7. The summed E-state index contributed by atoms with van der Waals surface area (Å²) in [6.07, 6.45) is 8.78. The van der Waals surface area contributed by atoms with E-state index in [2.05, 4.69) is 10.4 Å². The standard InChI is InChI=1S/C12H19N3O/c1-15-8-7-11(14-15)13-12(16)9-10-5-3-2-4-6-10/h7-8,10H,2-6,9H2,1H3,(H,13,14,16). The number of hydrogen-bond donors (Lipinski definition) is 1. The predicted molar refractivity (Wildman–Crippen MR) is 63.0 cm³/mol. The zero-order valence-corrected chi connectivity index (χ0v) is 9.78. The Morgan fingerprint density at radius 3 is 2.88 bits per heavy atom. The second-order valence-corrected chi connectivity index (χ2v) is 4.63. The van der Waals surface area contributed by atoms with Gasteiger partial charge in [-0.1, -0.05) is 19.3 Å². The quantitative estimate of drug-likeness (QED) is 0.851. The first-order valence-corrected chi connectivity index (χ1v) is 6.03. The van der Waals surface area contributed by atoms with E-state index in [-0.39, 0.29) is 5.91 Å². The number of amides is 1. The molecule has 1 aromatic heterocycles. The van der Waals surface area contributed by atoms with Gasteiger partial charge in [-0.2, -0.15) is 5.10 Å². The Bertz CT molecular complexity index is 353. The van der Waals surface area contributed by atoms with E-state index >= 15 is 0 Å². The average molecular weight is 221 g/mol. The highest BCUT2D eigenvalue weighted by Gasteiger charge is 2.17. The molecule has 88 valence electrons. The Labute approximate surface area is 96.0 Å². The molecule has 1 aliphatic carbocycles. The molecule has 1 heterocycles. The summed E-state index contributed by atoms with van der Waals surface area (Å²) in [7, 11) is 1.84. The molecule has 1 aliphatic rings. The summed E-state index contributed by atoms with van der Waals surface area (Å²) in [5, 5.41) is 6.97. The van der Waals surface area contributed by atoms with E-state index in [1.165, 1.54) is 32.1 Å². The number of aryl methyl sites for hydroxylation is 1. The van der Waals surface area contributed by atoms with Crippen molar-refractivity contribution < 1.29 is 4.79 Å². The van der Waals surface area contributed by atoms with Crippen molar-refractivity contribution in [2.24, 2.45) is 13.0 Å². The van der Waals surface area contributed by atoms with Crippen LogP contribution in [-0.2, 0) is 11.8 Å². The first-order valence-electron chi connectivity index (χ1n) is 6.03. The number of carbonyl (C=O) groups excluding carboxylic acids is 1. The summed E-state index contributed by atoms with van der Waals surface area (Å²) in [5.41, 5.74) is 0. The highest BCUT2D eigenvalue weighted by Crippen LogP contribution is 2.26. The van der Waals surface area contributed by atoms with Gasteiger partial charge in [-0.25, -0.2) is 0 Å². The Hall–Kier alpha value is -1.32. The summed E-state index contributed by atoms with van der Waals surface area (Å²) in [6, 6.07) is 1.82. The number of rotatable bonds is 3. The SMILES string of the molecule is Cn1ccc(NC(=O)CC2CCCCC2)n1. The molecule has 1 aromatic rings. The van der Waals surface area contributed by atoms with Gasteiger partial charge >= 0.3 is 0 Å². The van der Waals surface area contributed by atoms with Gasteiger partial charge in [-0.3, -0.25) is 9.48 Å². The van der Waals surface area contributed by atoms with Gasteiger partial charge < -0.3 is 5.32 Å². The van der Waals surface area contributed by atoms with Crippen molar-refractivity contribution in [2.45, 2.75) is 38.5 Å². The molecule has 4 nitrogen and oxygen atoms in total. The third-order valence-electron chi connectivity index (χ3n) is 3.18. The molecule has 1 N–H and O–H groups in total. The molecule has 0 bridgehead atoms. The van der Waals surface area contributed by atoms with Crippen molar-refractivity contribution in [2.75, 3.05) is 5.32 Å². The fraction of sp³-hybridized carbons (Fsp3) is 0.667. The van der Waals surface area contributed by atoms with Crippen LogP contribution in [0.1, 0.15) is 38.5 Å². The molecule has 0 unspecified atom stereocenters. The second kappa shape index (κ2) is 5.14. The van der Waals surface area contributed by atoms with Crippen LogP contribution in [0.4, 0.5) is 5.82 Å². The lowest BCUT2D eigenvalue weighted by atomic mass is 9.87. The number of aromatic nitrogens is 2. The molecule has 4 heteroatoms. The van der Waals surface area contributed by atoms with Crippen LogP contribution >= 0.6 is 0 Å². The zero-order chi connectivity index (χ0) is 11.4. The van der Waals surface area contributed by atoms with E-state index in [0.717, 1.165) is 0 Å². The molecule has 1 fully saturated rings. The molecule has 0 radical (unpaired) electrons. The lowest BCUT2D eigenvalue weighted by Crippen LogP contribution is -2.18. The van der Waals surface area contributed by atoms with Crippen LogP contribution in [-0.4, -0.2) is 15.7 Å². The van der Waals surface area contributed by atoms with Crippen LogP contribution in [0, 0.1) is 5.92 Å². The first-order chi connectivity index (χ1) is 7.74. The van der Waals surface area contributed by atoms with Gasteiger partial charge in [0.2, 0.25) is 5.91 Å². The molecular formula is C12H19N3O. The molecule has 0 spiro atoms. The van der Waals surface area contributed by atoms with E-state index in [4.69, 9.17) is 0 Å². The molecule has 1 saturated carbocycles. The van der Waals surface area contributed by atoms with E-state index in [0.29, 0.717) is 18.2 Å². The van der Waals surface area contributed by atoms with E-state index in [9.17, 15) is 4.79 Å². The Morgan fingerprint density at radius 2 is 2.25 bits per heavy atom. The maximum Gasteiger partial charge on any atom is 0.225 e. The summed E-state index contributed by atoms with van der Waals surface area (Å²) in [5.74, 6) is 1.34. The van der Waals surface area contributed by atoms with Crippen LogP contribution < -0.4 is 5.32 Å². The number of anilines is 1. The van der Waals surface area contributed by atoms with Gasteiger partial charge in [0.25, 0.3) is 0 Å². The fourth-order valence-electron chi connectivity index (χ4n) is 2.33. The number of nitrogens with zero attached hydrogens (tertiary/aromatic N) is 2. The first kappa shape index (κ1) is 11.2. The monoisotopic (exact) mass is 221 g/mol. The maximum absolute atomic E-state index is 11.7. The van der Waals surface area contributed by atoms with Crippen LogP contribution in [0.3, 0.4) is 0 Å². The van der Waals surface area contributed by atoms with Crippen LogP contribution in [0.15, 0.2) is 12.3 Å². The van der Waals surface area contributed by atoms with Crippen molar-refractivity contribution in [1.82, 2.24) is 9.78 Å². The van der Waals surface area contributed by atoms with E-state index in [1.807, 2.05) is 19.3 Å². The molecule has 0 aromatic carbocycles. The minimum atomic E-state index is 0.102. The largest absolute Gasteiger partial charge is 0.309 e. The van der Waals surface area contributed by atoms with Crippen LogP contribution in [0.25, 0.3) is 0 Å². The summed E-state index contributed by atoms with van der Waals surface area (Å²) < 4.78 is 1.69. The summed E-state index contributed by atoms with van der Waals surface area (Å²) in [6.45, 7) is 0. The Morgan fingerprint density at radius 1 is 1.50 bits per heavy atom. The number of hydrogen-bond acceptors (Lipinski definition) is 2. The van der Waals surface area contributed by atoms with E-state index in [1.54, 1.807) is 4.68 Å². The van der Waals surface area contributed by atoms with Gasteiger partial charge in [0, 0.05) is 25.7 Å². The van der Waals surface area contributed by atoms with Crippen molar-refractivity contribution >= 4 is 11.7 Å². The van der Waals surface area contributed by atoms with Gasteiger partial charge in [0.05, 0.1) is 0 Å². The van der Waals surface area contributed by atoms with Crippen molar-refractivity contribution in [3.05, 3.63) is 12.3 Å². The predicted octanol–water partition coefficient (Wildman–Crippen LogP) is 2.33. The number of nitrogens with one attached hydrogen (secondary N) is 1. The Balaban J connectivity index is 1.79. The zero-order valence-electron chi connectivity index (χ0n) is 9.78. The van der Waals surface area contributed by atoms with Crippen LogP contribution in [0.2, 0.25) is 0 Å². The average Bonchev–Trinajstić information content (AvgIpc) is 2.65. The third kappa shape index (κ3) is 3.08. The highest BCUT2D eigenvalue weighted by atomic mass is 16.1. The molecule has 0 saturated heterocycles. The molecule has 0 atom stereocenters. The van der Waals surface area contributed by atoms with Gasteiger partial charge in [0.1, 0.15) is 0 Å². The van der Waals surface area contributed by atoms with Crippen molar-refractivity contribution in [3.63, 3.8) is 0 Å². The van der Waals surface area contributed by atoms with Gasteiger partial charge in [0.15, 0.2) is 5.82 Å². The summed E-state index contributed by atoms with van der Waals surface area (Å²) >= 11 is 0. The third-order valence-corrected chi connectivity index (χ3v) is 3.18. The smallest absolute Gasteiger partial charge is 0.225 e. The minimum Gasteiger partial charge on any atom is -0.309 e. The normalized spacial score (nSPS) is 17.3. The Kier molecular flexibility index (Phi) is 3.59. The lowest BCUT2D eigenvalue weighted by molar-refractivity contribution is -0.117. The van der Waals surface area contributed by atoms with Crippen LogP contribution in [0.5, 0.6) is 0 Å². The molecular weight excluding hydrogens is 202 g/mol. The minimum absolute atomic E-state index is 0.102. The van der Waals surface area contributed by atoms with Gasteiger partial charge in [-0.15, -0.1) is 0 Å². The molecule has 0 aliphatic heterocycles.